The van der Waals surface area contributed by atoms with Gasteiger partial charge in [-0.15, -0.1) is 13.2 Å². The molecule has 1 atom stereocenters. The van der Waals surface area contributed by atoms with Crippen molar-refractivity contribution >= 4 is 32.6 Å². The van der Waals surface area contributed by atoms with Gasteiger partial charge < -0.3 is 14.2 Å². The van der Waals surface area contributed by atoms with Crippen LogP contribution in [0.1, 0.15) is 0 Å². The van der Waals surface area contributed by atoms with Crippen molar-refractivity contribution in [2.24, 2.45) is 0 Å². The first-order chi connectivity index (χ1) is 12.9. The number of nitrogens with zero attached hydrogens (tertiary/aromatic N) is 1. The van der Waals surface area contributed by atoms with Crippen LogP contribution in [0.5, 0.6) is 17.2 Å². The first-order valence-electron chi connectivity index (χ1n) is 7.73. The smallest absolute Gasteiger partial charge is 0.485 e. The topological polar surface area (TPSA) is 69.7 Å². The van der Waals surface area contributed by atoms with Crippen LogP contribution in [-0.2, 0) is 4.79 Å². The van der Waals surface area contributed by atoms with Gasteiger partial charge in [-0.2, -0.15) is 0 Å². The third-order valence-corrected chi connectivity index (χ3v) is 4.56. The molecule has 0 radical (unpaired) electrons. The average molecular weight is 396 g/mol. The van der Waals surface area contributed by atoms with Gasteiger partial charge in [-0.3, -0.25) is 10.1 Å². The molecule has 2 heterocycles. The summed E-state index contributed by atoms with van der Waals surface area (Å²) in [6, 6.07) is 10.7. The van der Waals surface area contributed by atoms with Gasteiger partial charge in [0.1, 0.15) is 12.4 Å². The molecule has 2 aromatic carbocycles. The Kier molecular flexibility index (Phi) is 4.27. The number of halogens is 3. The van der Waals surface area contributed by atoms with Crippen molar-refractivity contribution in [3.05, 3.63) is 42.5 Å². The highest BCUT2D eigenvalue weighted by molar-refractivity contribution is 7.22. The number of para-hydroxylation sites is 2. The van der Waals surface area contributed by atoms with Crippen LogP contribution >= 0.6 is 11.3 Å². The Morgan fingerprint density at radius 3 is 2.78 bits per heavy atom. The van der Waals surface area contributed by atoms with Gasteiger partial charge >= 0.3 is 6.36 Å². The predicted octanol–water partition coefficient (Wildman–Crippen LogP) is 3.97. The fourth-order valence-electron chi connectivity index (χ4n) is 2.49. The predicted molar refractivity (Wildman–Crippen MR) is 91.3 cm³/mol. The summed E-state index contributed by atoms with van der Waals surface area (Å²) in [6.45, 7) is 0.0390. The molecule has 4 rings (SSSR count). The van der Waals surface area contributed by atoms with Gasteiger partial charge in [0.25, 0.3) is 5.91 Å². The van der Waals surface area contributed by atoms with Crippen molar-refractivity contribution in [1.29, 1.82) is 0 Å². The Hall–Kier alpha value is -3.01. The number of aromatic nitrogens is 1. The number of carbonyl (C=O) groups is 1. The molecule has 0 saturated carbocycles. The largest absolute Gasteiger partial charge is 0.573 e. The molecule has 1 N–H and O–H groups in total. The fourth-order valence-corrected chi connectivity index (χ4v) is 3.39. The Morgan fingerprint density at radius 2 is 2.00 bits per heavy atom. The van der Waals surface area contributed by atoms with Crippen molar-refractivity contribution < 1.29 is 32.2 Å². The van der Waals surface area contributed by atoms with E-state index < -0.39 is 18.4 Å². The maximum absolute atomic E-state index is 12.4. The van der Waals surface area contributed by atoms with Gasteiger partial charge in [0.2, 0.25) is 6.10 Å². The molecule has 1 aliphatic rings. The summed E-state index contributed by atoms with van der Waals surface area (Å²) in [7, 11) is 0. The first-order valence-corrected chi connectivity index (χ1v) is 8.55. The van der Waals surface area contributed by atoms with E-state index in [1.807, 2.05) is 0 Å². The van der Waals surface area contributed by atoms with E-state index in [9.17, 15) is 18.0 Å². The second-order valence-electron chi connectivity index (χ2n) is 5.55. The number of thiazole rings is 1. The summed E-state index contributed by atoms with van der Waals surface area (Å²) >= 11 is 1.03. The van der Waals surface area contributed by atoms with E-state index in [4.69, 9.17) is 9.47 Å². The summed E-state index contributed by atoms with van der Waals surface area (Å²) in [6.07, 6.45) is -5.64. The molecule has 0 spiro atoms. The number of nitrogens with one attached hydrogen (secondary N) is 1. The minimum atomic E-state index is -4.77. The second-order valence-corrected chi connectivity index (χ2v) is 6.58. The third kappa shape index (κ3) is 3.90. The molecule has 1 unspecified atom stereocenters. The van der Waals surface area contributed by atoms with E-state index in [2.05, 4.69) is 15.0 Å². The van der Waals surface area contributed by atoms with E-state index in [0.29, 0.717) is 21.7 Å². The van der Waals surface area contributed by atoms with Gasteiger partial charge in [0, 0.05) is 6.07 Å². The van der Waals surface area contributed by atoms with Gasteiger partial charge in [0.15, 0.2) is 16.6 Å². The zero-order chi connectivity index (χ0) is 19.0. The van der Waals surface area contributed by atoms with E-state index >= 15 is 0 Å². The summed E-state index contributed by atoms with van der Waals surface area (Å²) in [5.74, 6) is 0.202. The molecule has 6 nitrogen and oxygen atoms in total. The number of benzene rings is 2. The van der Waals surface area contributed by atoms with Crippen LogP contribution < -0.4 is 19.5 Å². The SMILES string of the molecule is O=C(Nc1nc2ccc(OC(F)(F)F)cc2s1)C1COc2ccccc2O1. The number of ether oxygens (including phenoxy) is 3. The number of anilines is 1. The highest BCUT2D eigenvalue weighted by Crippen LogP contribution is 2.33. The molecule has 10 heteroatoms. The number of hydrogen-bond donors (Lipinski definition) is 1. The van der Waals surface area contributed by atoms with Crippen LogP contribution in [0.2, 0.25) is 0 Å². The van der Waals surface area contributed by atoms with Crippen molar-refractivity contribution in [3.8, 4) is 17.2 Å². The lowest BCUT2D eigenvalue weighted by molar-refractivity contribution is -0.274. The van der Waals surface area contributed by atoms with E-state index in [-0.39, 0.29) is 17.5 Å². The van der Waals surface area contributed by atoms with Crippen LogP contribution in [0.15, 0.2) is 42.5 Å². The van der Waals surface area contributed by atoms with Crippen molar-refractivity contribution in [1.82, 2.24) is 4.98 Å². The molecule has 0 bridgehead atoms. The molecule has 0 saturated heterocycles. The Labute approximate surface area is 154 Å². The first kappa shape index (κ1) is 17.4. The summed E-state index contributed by atoms with van der Waals surface area (Å²) in [4.78, 5) is 16.6. The lowest BCUT2D eigenvalue weighted by Crippen LogP contribution is -2.40. The molecule has 1 aromatic heterocycles. The normalized spacial score (nSPS) is 16.2. The Bertz CT molecular complexity index is 1010. The molecule has 1 aliphatic heterocycles. The number of amides is 1. The molecule has 27 heavy (non-hydrogen) atoms. The lowest BCUT2D eigenvalue weighted by Gasteiger charge is -2.25. The van der Waals surface area contributed by atoms with E-state index in [1.165, 1.54) is 12.1 Å². The molecular formula is C17H11F3N2O4S. The second kappa shape index (κ2) is 6.62. The van der Waals surface area contributed by atoms with E-state index in [0.717, 1.165) is 17.4 Å². The quantitative estimate of drug-likeness (QED) is 0.726. The molecule has 0 fully saturated rings. The van der Waals surface area contributed by atoms with Crippen molar-refractivity contribution in [2.45, 2.75) is 12.5 Å². The molecule has 0 aliphatic carbocycles. The monoisotopic (exact) mass is 396 g/mol. The maximum Gasteiger partial charge on any atom is 0.573 e. The number of hydrogen-bond acceptors (Lipinski definition) is 6. The minimum Gasteiger partial charge on any atom is -0.485 e. The zero-order valence-electron chi connectivity index (χ0n) is 13.4. The van der Waals surface area contributed by atoms with Crippen molar-refractivity contribution in [3.63, 3.8) is 0 Å². The molecule has 1 amide bonds. The number of rotatable bonds is 3. The maximum atomic E-state index is 12.4. The summed E-state index contributed by atoms with van der Waals surface area (Å²) in [5.41, 5.74) is 0.441. The standard InChI is InChI=1S/C17H11F3N2O4S/c18-17(19,20)26-9-5-6-10-14(7-9)27-16(21-10)22-15(23)13-8-24-11-3-1-2-4-12(11)25-13/h1-7,13H,8H2,(H,21,22,23). The number of fused-ring (bicyclic) bond motifs is 2. The Morgan fingerprint density at radius 1 is 1.22 bits per heavy atom. The fraction of sp³-hybridized carbons (Fsp3) is 0.176. The minimum absolute atomic E-state index is 0.0390. The van der Waals surface area contributed by atoms with Gasteiger partial charge in [-0.05, 0) is 24.3 Å². The van der Waals surface area contributed by atoms with E-state index in [1.54, 1.807) is 24.3 Å². The van der Waals surface area contributed by atoms with Crippen LogP contribution in [0, 0.1) is 0 Å². The highest BCUT2D eigenvalue weighted by atomic mass is 32.1. The number of alkyl halides is 3. The summed E-state index contributed by atoms with van der Waals surface area (Å²) < 4.78 is 52.4. The molecular weight excluding hydrogens is 385 g/mol. The number of carbonyl (C=O) groups excluding carboxylic acids is 1. The zero-order valence-corrected chi connectivity index (χ0v) is 14.3. The van der Waals surface area contributed by atoms with Crippen LogP contribution in [0.4, 0.5) is 18.3 Å². The van der Waals surface area contributed by atoms with Crippen molar-refractivity contribution in [2.75, 3.05) is 11.9 Å². The molecule has 140 valence electrons. The van der Waals surface area contributed by atoms with Gasteiger partial charge in [-0.25, -0.2) is 4.98 Å². The van der Waals surface area contributed by atoms with Gasteiger partial charge in [-0.1, -0.05) is 23.5 Å². The average Bonchev–Trinajstić information content (AvgIpc) is 3.01. The summed E-state index contributed by atoms with van der Waals surface area (Å²) in [5, 5.41) is 2.84. The van der Waals surface area contributed by atoms with Gasteiger partial charge in [0.05, 0.1) is 10.2 Å². The van der Waals surface area contributed by atoms with Crippen LogP contribution in [0.3, 0.4) is 0 Å². The lowest BCUT2D eigenvalue weighted by atomic mass is 10.2. The third-order valence-electron chi connectivity index (χ3n) is 3.62. The Balaban J connectivity index is 1.48. The van der Waals surface area contributed by atoms with Crippen LogP contribution in [-0.4, -0.2) is 30.0 Å². The highest BCUT2D eigenvalue weighted by Gasteiger charge is 2.31. The van der Waals surface area contributed by atoms with Crippen LogP contribution in [0.25, 0.3) is 10.2 Å². The molecule has 3 aromatic rings.